The van der Waals surface area contributed by atoms with E-state index < -0.39 is 30.3 Å². The minimum Gasteiger partial charge on any atom is -0.351 e. The number of aromatic amines is 1. The monoisotopic (exact) mass is 423 g/mol. The lowest BCUT2D eigenvalue weighted by molar-refractivity contribution is -0.143. The van der Waals surface area contributed by atoms with E-state index in [1.165, 1.54) is 4.90 Å². The summed E-state index contributed by atoms with van der Waals surface area (Å²) in [6.45, 7) is -0.206. The van der Waals surface area contributed by atoms with Gasteiger partial charge in [-0.1, -0.05) is 6.07 Å². The summed E-state index contributed by atoms with van der Waals surface area (Å²) in [6.07, 6.45) is -3.59. The van der Waals surface area contributed by atoms with Gasteiger partial charge < -0.3 is 10.3 Å². The number of H-pyrrole nitrogens is 1. The lowest BCUT2D eigenvalue weighted by Crippen LogP contribution is -2.32. The molecule has 0 unspecified atom stereocenters. The van der Waals surface area contributed by atoms with Gasteiger partial charge in [0.2, 0.25) is 0 Å². The topological polar surface area (TPSA) is 48.1 Å². The molecule has 9 heteroatoms. The van der Waals surface area contributed by atoms with Gasteiger partial charge in [0, 0.05) is 29.2 Å². The van der Waals surface area contributed by atoms with Gasteiger partial charge >= 0.3 is 6.18 Å². The Kier molecular flexibility index (Phi) is 5.23. The van der Waals surface area contributed by atoms with E-state index in [1.54, 1.807) is 12.1 Å². The third-order valence-corrected chi connectivity index (χ3v) is 5.16. The Balaban J connectivity index is 1.49. The predicted molar refractivity (Wildman–Crippen MR) is 102 cm³/mol. The van der Waals surface area contributed by atoms with Crippen LogP contribution in [-0.2, 0) is 0 Å². The number of hydrogen-bond acceptors (Lipinski definition) is 2. The number of amides is 1. The number of fused-ring (bicyclic) bond motifs is 1. The van der Waals surface area contributed by atoms with Crippen molar-refractivity contribution in [2.75, 3.05) is 25.0 Å². The van der Waals surface area contributed by atoms with Crippen LogP contribution in [0.4, 0.5) is 27.6 Å². The Hall–Kier alpha value is -2.94. The number of anilines is 1. The van der Waals surface area contributed by atoms with E-state index in [0.29, 0.717) is 31.1 Å². The highest BCUT2D eigenvalue weighted by Crippen LogP contribution is 2.31. The Morgan fingerprint density at radius 2 is 1.83 bits per heavy atom. The normalized spacial score (nSPS) is 17.6. The molecule has 1 aliphatic heterocycles. The van der Waals surface area contributed by atoms with Crippen LogP contribution in [-0.4, -0.2) is 41.6 Å². The van der Waals surface area contributed by atoms with Gasteiger partial charge in [0.1, 0.15) is 17.3 Å². The molecule has 1 fully saturated rings. The van der Waals surface area contributed by atoms with Crippen molar-refractivity contribution in [1.29, 1.82) is 0 Å². The second kappa shape index (κ2) is 7.71. The zero-order chi connectivity index (χ0) is 21.5. The number of aromatic nitrogens is 1. The van der Waals surface area contributed by atoms with Crippen LogP contribution in [0.15, 0.2) is 42.5 Å². The largest absolute Gasteiger partial charge is 0.401 e. The maximum atomic E-state index is 13.3. The highest BCUT2D eigenvalue weighted by Gasteiger charge is 2.34. The van der Waals surface area contributed by atoms with Crippen LogP contribution in [0.25, 0.3) is 10.9 Å². The second-order valence-electron chi connectivity index (χ2n) is 7.48. The Labute approximate surface area is 168 Å². The molecule has 0 aliphatic carbocycles. The van der Waals surface area contributed by atoms with Crippen LogP contribution >= 0.6 is 0 Å². The van der Waals surface area contributed by atoms with Crippen LogP contribution in [0.3, 0.4) is 0 Å². The number of hydrogen-bond donors (Lipinski definition) is 2. The first kappa shape index (κ1) is 20.3. The number of halogens is 5. The fourth-order valence-corrected chi connectivity index (χ4v) is 3.85. The van der Waals surface area contributed by atoms with E-state index in [2.05, 4.69) is 10.3 Å². The maximum absolute atomic E-state index is 13.3. The van der Waals surface area contributed by atoms with Crippen molar-refractivity contribution in [2.24, 2.45) is 0 Å². The molecule has 1 aromatic heterocycles. The van der Waals surface area contributed by atoms with Gasteiger partial charge in [0.15, 0.2) is 0 Å². The van der Waals surface area contributed by atoms with Crippen LogP contribution in [0.5, 0.6) is 0 Å². The summed E-state index contributed by atoms with van der Waals surface area (Å²) in [5.41, 5.74) is 1.79. The number of carbonyl (C=O) groups is 1. The highest BCUT2D eigenvalue weighted by molar-refractivity contribution is 6.06. The first-order valence-electron chi connectivity index (χ1n) is 9.35. The number of nitrogens with one attached hydrogen (secondary N) is 2. The molecule has 2 aromatic carbocycles. The molecule has 0 saturated carbocycles. The predicted octanol–water partition coefficient (Wildman–Crippen LogP) is 5.05. The van der Waals surface area contributed by atoms with E-state index in [-0.39, 0.29) is 17.3 Å². The van der Waals surface area contributed by atoms with Crippen molar-refractivity contribution in [2.45, 2.75) is 18.5 Å². The van der Waals surface area contributed by atoms with E-state index in [1.807, 2.05) is 12.1 Å². The second-order valence-corrected chi connectivity index (χ2v) is 7.48. The van der Waals surface area contributed by atoms with E-state index in [4.69, 9.17) is 0 Å². The molecule has 1 aliphatic rings. The average Bonchev–Trinajstić information content (AvgIpc) is 3.25. The number of benzene rings is 2. The minimum atomic E-state index is -4.22. The summed E-state index contributed by atoms with van der Waals surface area (Å²) < 4.78 is 64.4. The molecule has 4 rings (SSSR count). The van der Waals surface area contributed by atoms with Gasteiger partial charge in [0.05, 0.1) is 6.54 Å². The van der Waals surface area contributed by atoms with Crippen molar-refractivity contribution < 1.29 is 26.7 Å². The summed E-state index contributed by atoms with van der Waals surface area (Å²) in [4.78, 5) is 16.8. The summed E-state index contributed by atoms with van der Waals surface area (Å²) in [6, 6.07) is 9.79. The molecule has 0 bridgehead atoms. The molecule has 3 aromatic rings. The molecule has 1 atom stereocenters. The minimum absolute atomic E-state index is 0.00689. The fraction of sp³-hybridized carbons (Fsp3) is 0.286. The Morgan fingerprint density at radius 1 is 1.10 bits per heavy atom. The highest BCUT2D eigenvalue weighted by atomic mass is 19.4. The summed E-state index contributed by atoms with van der Waals surface area (Å²) in [7, 11) is 0. The molecule has 30 heavy (non-hydrogen) atoms. The van der Waals surface area contributed by atoms with Gasteiger partial charge in [-0.3, -0.25) is 9.69 Å². The van der Waals surface area contributed by atoms with Gasteiger partial charge in [-0.2, -0.15) is 13.2 Å². The van der Waals surface area contributed by atoms with Gasteiger partial charge in [0.25, 0.3) is 5.91 Å². The molecule has 0 spiro atoms. The number of carbonyl (C=O) groups excluding carboxylic acids is 1. The summed E-state index contributed by atoms with van der Waals surface area (Å²) in [5.74, 6) is -2.18. The number of rotatable bonds is 4. The third kappa shape index (κ3) is 4.62. The zero-order valence-electron chi connectivity index (χ0n) is 15.7. The van der Waals surface area contributed by atoms with Crippen LogP contribution in [0, 0.1) is 11.6 Å². The molecule has 2 N–H and O–H groups in total. The third-order valence-electron chi connectivity index (χ3n) is 5.16. The first-order valence-corrected chi connectivity index (χ1v) is 9.35. The van der Waals surface area contributed by atoms with Gasteiger partial charge in [-0.15, -0.1) is 0 Å². The van der Waals surface area contributed by atoms with Crippen molar-refractivity contribution in [3.63, 3.8) is 0 Å². The number of alkyl halides is 3. The average molecular weight is 423 g/mol. The molecule has 2 heterocycles. The van der Waals surface area contributed by atoms with E-state index >= 15 is 0 Å². The van der Waals surface area contributed by atoms with Crippen LogP contribution < -0.4 is 5.32 Å². The SMILES string of the molecule is O=C(Nc1cc(F)cc(F)c1)c1cc2cc([C@@H]3CCN(CC(F)(F)F)C3)ccc2[nH]1. The van der Waals surface area contributed by atoms with Crippen LogP contribution in [0.2, 0.25) is 0 Å². The maximum Gasteiger partial charge on any atom is 0.401 e. The van der Waals surface area contributed by atoms with Crippen molar-refractivity contribution in [1.82, 2.24) is 9.88 Å². The van der Waals surface area contributed by atoms with Gasteiger partial charge in [-0.05, 0) is 54.8 Å². The lowest BCUT2D eigenvalue weighted by atomic mass is 9.97. The van der Waals surface area contributed by atoms with E-state index in [0.717, 1.165) is 23.1 Å². The molecular weight excluding hydrogens is 405 g/mol. The van der Waals surface area contributed by atoms with Crippen LogP contribution in [0.1, 0.15) is 28.4 Å². The standard InChI is InChI=1S/C21H18F5N3O/c22-15-7-16(23)9-17(8-15)27-20(30)19-6-14-5-12(1-2-18(14)28-19)13-3-4-29(10-13)11-21(24,25)26/h1-2,5-9,13,28H,3-4,10-11H2,(H,27,30)/t13-/m1/s1. The first-order chi connectivity index (χ1) is 14.2. The number of nitrogens with zero attached hydrogens (tertiary/aromatic N) is 1. The molecule has 0 radical (unpaired) electrons. The summed E-state index contributed by atoms with van der Waals surface area (Å²) >= 11 is 0. The summed E-state index contributed by atoms with van der Waals surface area (Å²) in [5, 5.41) is 3.17. The van der Waals surface area contributed by atoms with Crippen molar-refractivity contribution in [3.05, 3.63) is 65.4 Å². The fourth-order valence-electron chi connectivity index (χ4n) is 3.85. The van der Waals surface area contributed by atoms with Crippen molar-refractivity contribution >= 4 is 22.5 Å². The van der Waals surface area contributed by atoms with Gasteiger partial charge in [-0.25, -0.2) is 8.78 Å². The molecule has 4 nitrogen and oxygen atoms in total. The zero-order valence-corrected chi connectivity index (χ0v) is 15.7. The lowest BCUT2D eigenvalue weighted by Gasteiger charge is -2.18. The van der Waals surface area contributed by atoms with E-state index in [9.17, 15) is 26.7 Å². The Bertz CT molecular complexity index is 1070. The van der Waals surface area contributed by atoms with Crippen molar-refractivity contribution in [3.8, 4) is 0 Å². The quantitative estimate of drug-likeness (QED) is 0.577. The molecule has 1 saturated heterocycles. The smallest absolute Gasteiger partial charge is 0.351 e. The molecular formula is C21H18F5N3O. The molecule has 1 amide bonds. The molecule has 158 valence electrons. The Morgan fingerprint density at radius 3 is 2.53 bits per heavy atom. The number of likely N-dealkylation sites (tertiary alicyclic amines) is 1.